The van der Waals surface area contributed by atoms with E-state index in [1.807, 2.05) is 12.3 Å². The molecule has 2 N–H and O–H groups in total. The van der Waals surface area contributed by atoms with Gasteiger partial charge in [-0.05, 0) is 36.5 Å². The van der Waals surface area contributed by atoms with E-state index in [-0.39, 0.29) is 16.7 Å². The summed E-state index contributed by atoms with van der Waals surface area (Å²) in [5.74, 6) is 0. The van der Waals surface area contributed by atoms with Gasteiger partial charge in [0.05, 0.1) is 4.92 Å². The smallest absolute Gasteiger partial charge is 0.269 e. The maximum Gasteiger partial charge on any atom is 0.269 e. The number of benzene rings is 1. The monoisotopic (exact) mass is 271 g/mol. The van der Waals surface area contributed by atoms with Crippen molar-refractivity contribution in [2.24, 2.45) is 5.73 Å². The van der Waals surface area contributed by atoms with Crippen LogP contribution in [0.15, 0.2) is 36.5 Å². The number of rotatable bonds is 3. The van der Waals surface area contributed by atoms with Gasteiger partial charge >= 0.3 is 0 Å². The van der Waals surface area contributed by atoms with E-state index >= 15 is 0 Å². The van der Waals surface area contributed by atoms with Gasteiger partial charge in [-0.1, -0.05) is 12.1 Å². The average molecular weight is 271 g/mol. The second-order valence-electron chi connectivity index (χ2n) is 5.27. The third kappa shape index (κ3) is 2.32. The number of hydrogen-bond donors (Lipinski definition) is 1. The molecule has 1 atom stereocenters. The molecule has 5 nitrogen and oxygen atoms in total. The summed E-state index contributed by atoms with van der Waals surface area (Å²) in [5, 5.41) is 10.8. The number of aromatic nitrogens is 1. The maximum absolute atomic E-state index is 10.8. The lowest BCUT2D eigenvalue weighted by Crippen LogP contribution is -2.18. The number of nitrogens with two attached hydrogens (primary N) is 1. The summed E-state index contributed by atoms with van der Waals surface area (Å²) in [6.45, 7) is 0.656. The molecular weight excluding hydrogens is 254 g/mol. The van der Waals surface area contributed by atoms with Crippen LogP contribution >= 0.6 is 0 Å². The topological polar surface area (TPSA) is 74.1 Å². The van der Waals surface area contributed by atoms with Crippen molar-refractivity contribution in [3.8, 4) is 0 Å². The molecule has 0 bridgehead atoms. The summed E-state index contributed by atoms with van der Waals surface area (Å²) >= 11 is 0. The molecule has 0 aliphatic heterocycles. The third-order valence-corrected chi connectivity index (χ3v) is 3.92. The molecule has 3 rings (SSSR count). The molecule has 2 aromatic rings. The SMILES string of the molecule is NC1CCCc2c1ccn2Cc1cccc([N+](=O)[O-])c1. The highest BCUT2D eigenvalue weighted by atomic mass is 16.6. The molecule has 1 heterocycles. The highest BCUT2D eigenvalue weighted by molar-refractivity contribution is 5.35. The molecule has 5 heteroatoms. The average Bonchev–Trinajstić information content (AvgIpc) is 2.84. The molecular formula is C15H17N3O2. The quantitative estimate of drug-likeness (QED) is 0.689. The van der Waals surface area contributed by atoms with Crippen molar-refractivity contribution in [1.82, 2.24) is 4.57 Å². The molecule has 0 radical (unpaired) electrons. The van der Waals surface area contributed by atoms with Gasteiger partial charge in [-0.3, -0.25) is 10.1 Å². The van der Waals surface area contributed by atoms with Crippen LogP contribution in [0.4, 0.5) is 5.69 Å². The number of fused-ring (bicyclic) bond motifs is 1. The molecule has 104 valence electrons. The second-order valence-corrected chi connectivity index (χ2v) is 5.27. The minimum Gasteiger partial charge on any atom is -0.347 e. The number of nitro benzene ring substituents is 1. The Kier molecular flexibility index (Phi) is 3.28. The zero-order valence-electron chi connectivity index (χ0n) is 11.2. The van der Waals surface area contributed by atoms with E-state index in [0.29, 0.717) is 6.54 Å². The van der Waals surface area contributed by atoms with Crippen molar-refractivity contribution in [3.63, 3.8) is 0 Å². The largest absolute Gasteiger partial charge is 0.347 e. The fourth-order valence-electron chi connectivity index (χ4n) is 2.91. The van der Waals surface area contributed by atoms with E-state index in [4.69, 9.17) is 5.73 Å². The molecule has 1 aromatic heterocycles. The summed E-state index contributed by atoms with van der Waals surface area (Å²) in [6, 6.07) is 9.01. The van der Waals surface area contributed by atoms with E-state index in [2.05, 4.69) is 10.6 Å². The first-order valence-corrected chi connectivity index (χ1v) is 6.82. The number of nitrogens with zero attached hydrogens (tertiary/aromatic N) is 2. The Hall–Kier alpha value is -2.14. The summed E-state index contributed by atoms with van der Waals surface area (Å²) in [6.07, 6.45) is 5.21. The van der Waals surface area contributed by atoms with Crippen molar-refractivity contribution in [2.45, 2.75) is 31.8 Å². The highest BCUT2D eigenvalue weighted by Gasteiger charge is 2.20. The molecule has 1 aliphatic rings. The molecule has 1 unspecified atom stereocenters. The van der Waals surface area contributed by atoms with E-state index in [0.717, 1.165) is 24.8 Å². The van der Waals surface area contributed by atoms with Crippen molar-refractivity contribution in [3.05, 3.63) is 63.5 Å². The molecule has 0 amide bonds. The summed E-state index contributed by atoms with van der Waals surface area (Å²) in [5.41, 5.74) is 9.69. The standard InChI is InChI=1S/C15H17N3O2/c16-14-5-2-6-15-13(14)7-8-17(15)10-11-3-1-4-12(9-11)18(19)20/h1,3-4,7-9,14H,2,5-6,10,16H2. The molecule has 20 heavy (non-hydrogen) atoms. The first-order valence-electron chi connectivity index (χ1n) is 6.82. The molecule has 0 saturated carbocycles. The Morgan fingerprint density at radius 1 is 1.40 bits per heavy atom. The second kappa shape index (κ2) is 5.09. The minimum atomic E-state index is -0.357. The Balaban J connectivity index is 1.88. The van der Waals surface area contributed by atoms with Crippen molar-refractivity contribution < 1.29 is 4.92 Å². The van der Waals surface area contributed by atoms with Crippen molar-refractivity contribution in [2.75, 3.05) is 0 Å². The molecule has 0 spiro atoms. The van der Waals surface area contributed by atoms with Crippen LogP contribution in [0, 0.1) is 10.1 Å². The van der Waals surface area contributed by atoms with Gasteiger partial charge in [0.25, 0.3) is 5.69 Å². The summed E-state index contributed by atoms with van der Waals surface area (Å²) < 4.78 is 2.16. The van der Waals surface area contributed by atoms with Crippen LogP contribution in [0.25, 0.3) is 0 Å². The Labute approximate surface area is 117 Å². The first-order chi connectivity index (χ1) is 9.65. The normalized spacial score (nSPS) is 17.8. The van der Waals surface area contributed by atoms with Gasteiger partial charge in [-0.25, -0.2) is 0 Å². The lowest BCUT2D eigenvalue weighted by Gasteiger charge is -2.21. The van der Waals surface area contributed by atoms with Crippen LogP contribution in [-0.2, 0) is 13.0 Å². The maximum atomic E-state index is 10.8. The van der Waals surface area contributed by atoms with Gasteiger partial charge in [0, 0.05) is 36.6 Å². The van der Waals surface area contributed by atoms with Crippen LogP contribution in [0.5, 0.6) is 0 Å². The Morgan fingerprint density at radius 3 is 3.05 bits per heavy atom. The van der Waals surface area contributed by atoms with Gasteiger partial charge in [0.15, 0.2) is 0 Å². The Bertz CT molecular complexity index is 648. The van der Waals surface area contributed by atoms with Gasteiger partial charge in [-0.15, -0.1) is 0 Å². The van der Waals surface area contributed by atoms with E-state index in [9.17, 15) is 10.1 Å². The van der Waals surface area contributed by atoms with E-state index < -0.39 is 0 Å². The van der Waals surface area contributed by atoms with Gasteiger partial charge in [-0.2, -0.15) is 0 Å². The number of non-ortho nitro benzene ring substituents is 1. The van der Waals surface area contributed by atoms with Gasteiger partial charge in [0.1, 0.15) is 0 Å². The van der Waals surface area contributed by atoms with Gasteiger partial charge < -0.3 is 10.3 Å². The fourth-order valence-corrected chi connectivity index (χ4v) is 2.91. The van der Waals surface area contributed by atoms with Crippen LogP contribution < -0.4 is 5.73 Å². The van der Waals surface area contributed by atoms with Gasteiger partial charge in [0.2, 0.25) is 0 Å². The molecule has 0 fully saturated rings. The summed E-state index contributed by atoms with van der Waals surface area (Å²) in [4.78, 5) is 10.5. The van der Waals surface area contributed by atoms with Crippen LogP contribution in [0.2, 0.25) is 0 Å². The predicted molar refractivity (Wildman–Crippen MR) is 76.5 cm³/mol. The van der Waals surface area contributed by atoms with Crippen LogP contribution in [-0.4, -0.2) is 9.49 Å². The molecule has 1 aromatic carbocycles. The lowest BCUT2D eigenvalue weighted by molar-refractivity contribution is -0.384. The lowest BCUT2D eigenvalue weighted by atomic mass is 9.93. The van der Waals surface area contributed by atoms with E-state index in [1.54, 1.807) is 12.1 Å². The van der Waals surface area contributed by atoms with Crippen molar-refractivity contribution >= 4 is 5.69 Å². The minimum absolute atomic E-state index is 0.130. The zero-order chi connectivity index (χ0) is 14.1. The van der Waals surface area contributed by atoms with Crippen LogP contribution in [0.1, 0.15) is 35.7 Å². The molecule has 1 aliphatic carbocycles. The first kappa shape index (κ1) is 12.9. The Morgan fingerprint density at radius 2 is 2.25 bits per heavy atom. The third-order valence-electron chi connectivity index (χ3n) is 3.92. The van der Waals surface area contributed by atoms with E-state index in [1.165, 1.54) is 17.3 Å². The number of nitro groups is 1. The fraction of sp³-hybridized carbons (Fsp3) is 0.333. The zero-order valence-corrected chi connectivity index (χ0v) is 11.2. The van der Waals surface area contributed by atoms with Crippen LogP contribution in [0.3, 0.4) is 0 Å². The summed E-state index contributed by atoms with van der Waals surface area (Å²) in [7, 11) is 0. The predicted octanol–water partition coefficient (Wildman–Crippen LogP) is 2.78. The highest BCUT2D eigenvalue weighted by Crippen LogP contribution is 2.29. The number of hydrogen-bond acceptors (Lipinski definition) is 3. The molecule has 0 saturated heterocycles. The van der Waals surface area contributed by atoms with Crippen molar-refractivity contribution in [1.29, 1.82) is 0 Å².